The van der Waals surface area contributed by atoms with E-state index in [4.69, 9.17) is 0 Å². The molecule has 0 bridgehead atoms. The smallest absolute Gasteiger partial charge is 0.0483 e. The Kier molecular flexibility index (Phi) is 4.54. The van der Waals surface area contributed by atoms with Gasteiger partial charge in [0.1, 0.15) is 0 Å². The van der Waals surface area contributed by atoms with Gasteiger partial charge in [-0.05, 0) is 34.9 Å². The normalized spacial score (nSPS) is 12.5. The minimum absolute atomic E-state index is 0.382. The molecular weight excluding hydrogens is 244 g/mol. The molecule has 0 saturated carbocycles. The van der Waals surface area contributed by atoms with Gasteiger partial charge in [0, 0.05) is 30.8 Å². The van der Waals surface area contributed by atoms with Crippen LogP contribution < -0.4 is 5.32 Å². The molecule has 0 atom stereocenters. The van der Waals surface area contributed by atoms with Crippen LogP contribution in [0.3, 0.4) is 0 Å². The average molecular weight is 272 g/mol. The van der Waals surface area contributed by atoms with Crippen LogP contribution in [0.5, 0.6) is 0 Å². The first kappa shape index (κ1) is 15.1. The number of benzene rings is 1. The maximum Gasteiger partial charge on any atom is 0.0483 e. The summed E-state index contributed by atoms with van der Waals surface area (Å²) in [5.41, 5.74) is 3.10. The maximum atomic E-state index is 3.49. The Bertz CT molecular complexity index is 558. The van der Waals surface area contributed by atoms with E-state index in [1.807, 2.05) is 0 Å². The van der Waals surface area contributed by atoms with Crippen molar-refractivity contribution in [2.75, 3.05) is 0 Å². The van der Waals surface area contributed by atoms with Crippen LogP contribution in [0.15, 0.2) is 30.5 Å². The summed E-state index contributed by atoms with van der Waals surface area (Å²) in [6.07, 6.45) is 3.42. The first-order valence-electron chi connectivity index (χ1n) is 7.66. The zero-order valence-corrected chi connectivity index (χ0v) is 13.5. The number of hydrogen-bond acceptors (Lipinski definition) is 1. The summed E-state index contributed by atoms with van der Waals surface area (Å²) in [7, 11) is 0. The fourth-order valence-corrected chi connectivity index (χ4v) is 2.31. The Hall–Kier alpha value is -1.28. The van der Waals surface area contributed by atoms with Crippen LogP contribution in [-0.4, -0.2) is 10.6 Å². The standard InChI is InChI=1S/C18H28N2/c1-14(2)19-13-15-6-7-16-8-10-20(17(16)12-15)11-9-18(3,4)5/h6-8,10,12,14,19H,9,11,13H2,1-5H3. The second-order valence-electron chi connectivity index (χ2n) is 7.25. The van der Waals surface area contributed by atoms with Gasteiger partial charge in [0.25, 0.3) is 0 Å². The van der Waals surface area contributed by atoms with Crippen LogP contribution in [0.1, 0.15) is 46.6 Å². The predicted molar refractivity (Wildman–Crippen MR) is 88.0 cm³/mol. The summed E-state index contributed by atoms with van der Waals surface area (Å²) in [6.45, 7) is 13.3. The zero-order valence-electron chi connectivity index (χ0n) is 13.5. The van der Waals surface area contributed by atoms with Gasteiger partial charge in [0.2, 0.25) is 0 Å². The van der Waals surface area contributed by atoms with Crippen molar-refractivity contribution in [2.24, 2.45) is 5.41 Å². The molecule has 20 heavy (non-hydrogen) atoms. The third kappa shape index (κ3) is 4.11. The molecule has 0 saturated heterocycles. The van der Waals surface area contributed by atoms with Crippen LogP contribution in [-0.2, 0) is 13.1 Å². The Balaban J connectivity index is 2.17. The summed E-state index contributed by atoms with van der Waals surface area (Å²) in [4.78, 5) is 0. The van der Waals surface area contributed by atoms with E-state index in [2.05, 4.69) is 75.0 Å². The van der Waals surface area contributed by atoms with Crippen LogP contribution >= 0.6 is 0 Å². The van der Waals surface area contributed by atoms with Crippen LogP contribution in [0, 0.1) is 5.41 Å². The van der Waals surface area contributed by atoms with Crippen molar-refractivity contribution < 1.29 is 0 Å². The molecule has 0 amide bonds. The van der Waals surface area contributed by atoms with Gasteiger partial charge in [0.15, 0.2) is 0 Å². The second kappa shape index (κ2) is 6.01. The molecule has 2 nitrogen and oxygen atoms in total. The third-order valence-electron chi connectivity index (χ3n) is 3.66. The Labute approximate surface area is 123 Å². The zero-order chi connectivity index (χ0) is 14.8. The van der Waals surface area contributed by atoms with Crippen molar-refractivity contribution in [1.82, 2.24) is 9.88 Å². The maximum absolute atomic E-state index is 3.49. The number of aromatic nitrogens is 1. The highest BCUT2D eigenvalue weighted by molar-refractivity contribution is 5.80. The third-order valence-corrected chi connectivity index (χ3v) is 3.66. The highest BCUT2D eigenvalue weighted by Gasteiger charge is 2.11. The van der Waals surface area contributed by atoms with Gasteiger partial charge in [-0.25, -0.2) is 0 Å². The molecule has 1 aromatic carbocycles. The molecule has 2 aromatic rings. The molecule has 2 rings (SSSR count). The molecule has 0 fully saturated rings. The molecule has 110 valence electrons. The van der Waals surface area contributed by atoms with Crippen LogP contribution in [0.2, 0.25) is 0 Å². The van der Waals surface area contributed by atoms with Gasteiger partial charge in [-0.1, -0.05) is 46.8 Å². The van der Waals surface area contributed by atoms with E-state index in [9.17, 15) is 0 Å². The van der Waals surface area contributed by atoms with Gasteiger partial charge in [-0.2, -0.15) is 0 Å². The quantitative estimate of drug-likeness (QED) is 0.843. The van der Waals surface area contributed by atoms with E-state index in [1.165, 1.54) is 22.9 Å². The molecule has 0 aliphatic rings. The number of hydrogen-bond donors (Lipinski definition) is 1. The van der Waals surface area contributed by atoms with E-state index in [1.54, 1.807) is 0 Å². The number of rotatable bonds is 5. The van der Waals surface area contributed by atoms with Crippen LogP contribution in [0.25, 0.3) is 10.9 Å². The number of aryl methyl sites for hydroxylation is 1. The lowest BCUT2D eigenvalue weighted by atomic mass is 9.92. The van der Waals surface area contributed by atoms with Gasteiger partial charge < -0.3 is 9.88 Å². The minimum atomic E-state index is 0.382. The van der Waals surface area contributed by atoms with Crippen molar-refractivity contribution in [3.8, 4) is 0 Å². The van der Waals surface area contributed by atoms with E-state index >= 15 is 0 Å². The van der Waals surface area contributed by atoms with Crippen molar-refractivity contribution in [1.29, 1.82) is 0 Å². The number of nitrogens with one attached hydrogen (secondary N) is 1. The lowest BCUT2D eigenvalue weighted by Crippen LogP contribution is -2.21. The summed E-state index contributed by atoms with van der Waals surface area (Å²) < 4.78 is 2.39. The molecule has 0 unspecified atom stereocenters. The Morgan fingerprint density at radius 2 is 1.90 bits per heavy atom. The molecule has 1 heterocycles. The summed E-state index contributed by atoms with van der Waals surface area (Å²) in [6, 6.07) is 9.54. The largest absolute Gasteiger partial charge is 0.347 e. The monoisotopic (exact) mass is 272 g/mol. The Morgan fingerprint density at radius 1 is 1.15 bits per heavy atom. The molecule has 1 N–H and O–H groups in total. The summed E-state index contributed by atoms with van der Waals surface area (Å²) >= 11 is 0. The molecular formula is C18H28N2. The highest BCUT2D eigenvalue weighted by atomic mass is 15.0. The van der Waals surface area contributed by atoms with Crippen molar-refractivity contribution >= 4 is 10.9 Å². The van der Waals surface area contributed by atoms with Crippen molar-refractivity contribution in [3.63, 3.8) is 0 Å². The molecule has 0 spiro atoms. The van der Waals surface area contributed by atoms with Gasteiger partial charge in [0.05, 0.1) is 0 Å². The van der Waals surface area contributed by atoms with E-state index in [0.29, 0.717) is 11.5 Å². The molecule has 1 aromatic heterocycles. The minimum Gasteiger partial charge on any atom is -0.347 e. The highest BCUT2D eigenvalue weighted by Crippen LogP contribution is 2.23. The predicted octanol–water partition coefficient (Wildman–Crippen LogP) is 4.58. The van der Waals surface area contributed by atoms with E-state index in [0.717, 1.165) is 13.1 Å². The van der Waals surface area contributed by atoms with Crippen molar-refractivity contribution in [2.45, 2.75) is 60.2 Å². The van der Waals surface area contributed by atoms with E-state index in [-0.39, 0.29) is 0 Å². The molecule has 0 aliphatic carbocycles. The molecule has 0 radical (unpaired) electrons. The lowest BCUT2D eigenvalue weighted by Gasteiger charge is -2.18. The van der Waals surface area contributed by atoms with Gasteiger partial charge >= 0.3 is 0 Å². The topological polar surface area (TPSA) is 17.0 Å². The summed E-state index contributed by atoms with van der Waals surface area (Å²) in [5, 5.41) is 4.83. The fraction of sp³-hybridized carbons (Fsp3) is 0.556. The lowest BCUT2D eigenvalue weighted by molar-refractivity contribution is 0.353. The Morgan fingerprint density at radius 3 is 2.55 bits per heavy atom. The van der Waals surface area contributed by atoms with Crippen molar-refractivity contribution in [3.05, 3.63) is 36.0 Å². The number of nitrogens with zero attached hydrogens (tertiary/aromatic N) is 1. The van der Waals surface area contributed by atoms with Crippen LogP contribution in [0.4, 0.5) is 0 Å². The number of fused-ring (bicyclic) bond motifs is 1. The molecule has 0 aliphatic heterocycles. The average Bonchev–Trinajstić information content (AvgIpc) is 2.75. The second-order valence-corrected chi connectivity index (χ2v) is 7.25. The first-order chi connectivity index (χ1) is 9.35. The SMILES string of the molecule is CC(C)NCc1ccc2ccn(CCC(C)(C)C)c2c1. The van der Waals surface area contributed by atoms with E-state index < -0.39 is 0 Å². The van der Waals surface area contributed by atoms with Gasteiger partial charge in [-0.3, -0.25) is 0 Å². The van der Waals surface area contributed by atoms with Gasteiger partial charge in [-0.15, -0.1) is 0 Å². The molecule has 2 heteroatoms. The fourth-order valence-electron chi connectivity index (χ4n) is 2.31. The first-order valence-corrected chi connectivity index (χ1v) is 7.66. The summed E-state index contributed by atoms with van der Waals surface area (Å²) in [5.74, 6) is 0.